The highest BCUT2D eigenvalue weighted by atomic mass is 35.5. The summed E-state index contributed by atoms with van der Waals surface area (Å²) in [5, 5.41) is 4.50. The van der Waals surface area contributed by atoms with Crippen LogP contribution in [0.25, 0.3) is 0 Å². The van der Waals surface area contributed by atoms with Crippen LogP contribution < -0.4 is 14.8 Å². The quantitative estimate of drug-likeness (QED) is 0.790. The average molecular weight is 407 g/mol. The molecule has 6 heteroatoms. The van der Waals surface area contributed by atoms with Gasteiger partial charge in [0.15, 0.2) is 11.5 Å². The maximum absolute atomic E-state index is 12.7. The number of carbonyl (C=O) groups is 1. The van der Waals surface area contributed by atoms with E-state index in [4.69, 9.17) is 21.1 Å². The number of hydrogen-bond donors (Lipinski definition) is 1. The number of carbonyl (C=O) groups excluding carboxylic acids is 1. The average Bonchev–Trinajstić information content (AvgIpc) is 3.03. The van der Waals surface area contributed by atoms with E-state index in [1.165, 1.54) is 44.9 Å². The molecule has 1 amide bonds. The van der Waals surface area contributed by atoms with Crippen LogP contribution in [0.5, 0.6) is 11.5 Å². The third kappa shape index (κ3) is 4.93. The van der Waals surface area contributed by atoms with Crippen LogP contribution in [0.4, 0.5) is 0 Å². The molecule has 1 atom stereocenters. The van der Waals surface area contributed by atoms with Crippen LogP contribution in [0.2, 0.25) is 5.02 Å². The zero-order valence-corrected chi connectivity index (χ0v) is 17.3. The van der Waals surface area contributed by atoms with E-state index < -0.39 is 0 Å². The summed E-state index contributed by atoms with van der Waals surface area (Å²) in [4.78, 5) is 14.6. The number of benzene rings is 1. The van der Waals surface area contributed by atoms with Crippen LogP contribution in [0.1, 0.15) is 69.8 Å². The van der Waals surface area contributed by atoms with Gasteiger partial charge in [0.05, 0.1) is 0 Å². The second-order valence-corrected chi connectivity index (χ2v) is 8.75. The van der Waals surface area contributed by atoms with E-state index >= 15 is 0 Å². The van der Waals surface area contributed by atoms with Gasteiger partial charge < -0.3 is 19.7 Å². The molecule has 154 valence electrons. The van der Waals surface area contributed by atoms with Gasteiger partial charge >= 0.3 is 0 Å². The van der Waals surface area contributed by atoms with E-state index in [1.54, 1.807) is 6.07 Å². The summed E-state index contributed by atoms with van der Waals surface area (Å²) in [6.45, 7) is 1.53. The van der Waals surface area contributed by atoms with Crippen molar-refractivity contribution in [2.24, 2.45) is 0 Å². The predicted octanol–water partition coefficient (Wildman–Crippen LogP) is 4.65. The normalized spacial score (nSPS) is 24.0. The van der Waals surface area contributed by atoms with Crippen LogP contribution in [0.15, 0.2) is 12.1 Å². The molecule has 1 aromatic rings. The molecule has 0 unspecified atom stereocenters. The van der Waals surface area contributed by atoms with Gasteiger partial charge in [0, 0.05) is 42.7 Å². The molecule has 1 saturated heterocycles. The highest BCUT2D eigenvalue weighted by Gasteiger charge is 2.26. The van der Waals surface area contributed by atoms with Crippen molar-refractivity contribution in [3.8, 4) is 11.5 Å². The van der Waals surface area contributed by atoms with Crippen LogP contribution in [0, 0.1) is 0 Å². The lowest BCUT2D eigenvalue weighted by Gasteiger charge is -2.27. The maximum atomic E-state index is 12.7. The number of rotatable bonds is 4. The number of hydrogen-bond acceptors (Lipinski definition) is 4. The largest absolute Gasteiger partial charge is 0.454 e. The Morgan fingerprint density at radius 3 is 2.43 bits per heavy atom. The van der Waals surface area contributed by atoms with Crippen molar-refractivity contribution in [3.05, 3.63) is 22.7 Å². The minimum absolute atomic E-state index is 0.218. The Labute approximate surface area is 172 Å². The molecule has 28 heavy (non-hydrogen) atoms. The van der Waals surface area contributed by atoms with E-state index in [0.717, 1.165) is 24.9 Å². The number of ether oxygens (including phenoxy) is 2. The molecule has 0 spiro atoms. The van der Waals surface area contributed by atoms with Gasteiger partial charge in [-0.15, -0.1) is 0 Å². The molecule has 3 aliphatic rings. The highest BCUT2D eigenvalue weighted by Crippen LogP contribution is 2.37. The number of amides is 1. The Hall–Kier alpha value is -1.46. The molecule has 0 bridgehead atoms. The number of likely N-dealkylation sites (tertiary alicyclic amines) is 1. The molecule has 1 aromatic carbocycles. The fraction of sp³-hybridized carbons (Fsp3) is 0.682. The Kier molecular flexibility index (Phi) is 6.63. The summed E-state index contributed by atoms with van der Waals surface area (Å²) in [6, 6.07) is 4.76. The standard InChI is InChI=1S/C22H31ClN2O3/c23-19-13-21-20(27-15-28-21)12-16(19)14-25-11-10-18(8-9-22(25)26)24-17-6-4-2-1-3-5-7-17/h12-13,17-18,24H,1-11,14-15H2/t18-/m1/s1. The molecule has 2 aliphatic heterocycles. The Morgan fingerprint density at radius 2 is 1.64 bits per heavy atom. The van der Waals surface area contributed by atoms with E-state index in [2.05, 4.69) is 5.32 Å². The minimum atomic E-state index is 0.218. The molecule has 0 radical (unpaired) electrons. The van der Waals surface area contributed by atoms with Gasteiger partial charge in [-0.25, -0.2) is 0 Å². The van der Waals surface area contributed by atoms with E-state index in [-0.39, 0.29) is 12.7 Å². The SMILES string of the molecule is O=C1CC[C@@H](NC2CCCCCCC2)CCN1Cc1cc2c(cc1Cl)OCO2. The van der Waals surface area contributed by atoms with Crippen molar-refractivity contribution in [2.45, 2.75) is 82.8 Å². The third-order valence-electron chi connectivity index (χ3n) is 6.29. The molecule has 2 heterocycles. The first kappa shape index (κ1) is 19.8. The number of halogens is 1. The van der Waals surface area contributed by atoms with Crippen molar-refractivity contribution >= 4 is 17.5 Å². The molecular formula is C22H31ClN2O3. The third-order valence-corrected chi connectivity index (χ3v) is 6.64. The fourth-order valence-electron chi connectivity index (χ4n) is 4.61. The second kappa shape index (κ2) is 9.36. The summed E-state index contributed by atoms with van der Waals surface area (Å²) >= 11 is 6.42. The molecule has 1 N–H and O–H groups in total. The van der Waals surface area contributed by atoms with Gasteiger partial charge in [-0.3, -0.25) is 4.79 Å². The Balaban J connectivity index is 1.35. The first-order valence-electron chi connectivity index (χ1n) is 10.8. The van der Waals surface area contributed by atoms with Crippen molar-refractivity contribution in [1.82, 2.24) is 10.2 Å². The molecular weight excluding hydrogens is 376 g/mol. The van der Waals surface area contributed by atoms with E-state index in [0.29, 0.717) is 41.6 Å². The summed E-state index contributed by atoms with van der Waals surface area (Å²) in [5.74, 6) is 1.61. The zero-order valence-electron chi connectivity index (χ0n) is 16.6. The number of nitrogens with one attached hydrogen (secondary N) is 1. The van der Waals surface area contributed by atoms with Crippen LogP contribution >= 0.6 is 11.6 Å². The molecule has 4 rings (SSSR count). The Bertz CT molecular complexity index is 689. The first-order chi connectivity index (χ1) is 13.7. The topological polar surface area (TPSA) is 50.8 Å². The van der Waals surface area contributed by atoms with Crippen molar-refractivity contribution in [2.75, 3.05) is 13.3 Å². The highest BCUT2D eigenvalue weighted by molar-refractivity contribution is 6.31. The summed E-state index contributed by atoms with van der Waals surface area (Å²) in [5.41, 5.74) is 0.922. The van der Waals surface area contributed by atoms with Gasteiger partial charge in [-0.2, -0.15) is 0 Å². The fourth-order valence-corrected chi connectivity index (χ4v) is 4.83. The van der Waals surface area contributed by atoms with E-state index in [1.807, 2.05) is 11.0 Å². The molecule has 1 aliphatic carbocycles. The van der Waals surface area contributed by atoms with Gasteiger partial charge in [0.1, 0.15) is 0 Å². The maximum Gasteiger partial charge on any atom is 0.231 e. The van der Waals surface area contributed by atoms with Crippen molar-refractivity contribution < 1.29 is 14.3 Å². The lowest BCUT2D eigenvalue weighted by Crippen LogP contribution is -2.39. The molecule has 5 nitrogen and oxygen atoms in total. The van der Waals surface area contributed by atoms with Crippen LogP contribution in [-0.4, -0.2) is 36.2 Å². The van der Waals surface area contributed by atoms with Crippen molar-refractivity contribution in [3.63, 3.8) is 0 Å². The lowest BCUT2D eigenvalue weighted by atomic mass is 9.95. The summed E-state index contributed by atoms with van der Waals surface area (Å²) in [7, 11) is 0. The molecule has 2 fully saturated rings. The van der Waals surface area contributed by atoms with Gasteiger partial charge in [0.25, 0.3) is 0 Å². The predicted molar refractivity (Wildman–Crippen MR) is 110 cm³/mol. The Morgan fingerprint density at radius 1 is 0.964 bits per heavy atom. The smallest absolute Gasteiger partial charge is 0.231 e. The minimum Gasteiger partial charge on any atom is -0.454 e. The lowest BCUT2D eigenvalue weighted by molar-refractivity contribution is -0.131. The first-order valence-corrected chi connectivity index (χ1v) is 11.2. The zero-order chi connectivity index (χ0) is 19.3. The second-order valence-electron chi connectivity index (χ2n) is 8.35. The number of fused-ring (bicyclic) bond motifs is 1. The summed E-state index contributed by atoms with van der Waals surface area (Å²) in [6.07, 6.45) is 11.9. The van der Waals surface area contributed by atoms with Crippen molar-refractivity contribution in [1.29, 1.82) is 0 Å². The summed E-state index contributed by atoms with van der Waals surface area (Å²) < 4.78 is 10.8. The van der Waals surface area contributed by atoms with Gasteiger partial charge in [0.2, 0.25) is 12.7 Å². The van der Waals surface area contributed by atoms with Crippen LogP contribution in [0.3, 0.4) is 0 Å². The van der Waals surface area contributed by atoms with Crippen LogP contribution in [-0.2, 0) is 11.3 Å². The molecule has 1 saturated carbocycles. The van der Waals surface area contributed by atoms with Gasteiger partial charge in [-0.1, -0.05) is 43.7 Å². The number of nitrogens with zero attached hydrogens (tertiary/aromatic N) is 1. The van der Waals surface area contributed by atoms with E-state index in [9.17, 15) is 4.79 Å². The monoisotopic (exact) mass is 406 g/mol. The molecule has 0 aromatic heterocycles. The van der Waals surface area contributed by atoms with Gasteiger partial charge in [-0.05, 0) is 37.3 Å².